The summed E-state index contributed by atoms with van der Waals surface area (Å²) >= 11 is 0. The number of benzene rings is 2. The molecule has 0 aliphatic heterocycles. The molecule has 2 heterocycles. The van der Waals surface area contributed by atoms with Gasteiger partial charge in [0.15, 0.2) is 11.5 Å². The topological polar surface area (TPSA) is 96.8 Å². The lowest BCUT2D eigenvalue weighted by Gasteiger charge is -2.15. The number of hydrogen-bond acceptors (Lipinski definition) is 7. The molecule has 142 valence electrons. The molecule has 0 aliphatic carbocycles. The number of ether oxygens (including phenoxy) is 3. The molecule has 8 heteroatoms. The molecule has 0 unspecified atom stereocenters. The highest BCUT2D eigenvalue weighted by Gasteiger charge is 2.18. The van der Waals surface area contributed by atoms with E-state index >= 15 is 0 Å². The molecule has 8 nitrogen and oxygen atoms in total. The maximum absolute atomic E-state index is 5.83. The summed E-state index contributed by atoms with van der Waals surface area (Å²) in [5.74, 6) is 2.14. The van der Waals surface area contributed by atoms with E-state index in [-0.39, 0.29) is 5.95 Å². The first kappa shape index (κ1) is 17.6. The normalized spacial score (nSPS) is 10.8. The summed E-state index contributed by atoms with van der Waals surface area (Å²) in [6, 6.07) is 15.5. The van der Waals surface area contributed by atoms with Gasteiger partial charge < -0.3 is 19.9 Å². The minimum Gasteiger partial charge on any atom is -0.493 e. The highest BCUT2D eigenvalue weighted by atomic mass is 16.5. The zero-order valence-corrected chi connectivity index (χ0v) is 15.7. The van der Waals surface area contributed by atoms with Crippen molar-refractivity contribution in [1.82, 2.24) is 19.6 Å². The van der Waals surface area contributed by atoms with E-state index in [0.29, 0.717) is 23.0 Å². The lowest BCUT2D eigenvalue weighted by molar-refractivity contribution is 0.324. The van der Waals surface area contributed by atoms with Gasteiger partial charge in [0, 0.05) is 11.1 Å². The number of aromatic nitrogens is 4. The quantitative estimate of drug-likeness (QED) is 0.571. The summed E-state index contributed by atoms with van der Waals surface area (Å²) in [6.45, 7) is 0. The minimum absolute atomic E-state index is 0.145. The maximum Gasteiger partial charge on any atom is 0.255 e. The number of anilines is 1. The molecular weight excluding hydrogens is 358 g/mol. The minimum atomic E-state index is 0.145. The van der Waals surface area contributed by atoms with Crippen LogP contribution in [0.25, 0.3) is 28.3 Å². The molecule has 4 aromatic rings. The van der Waals surface area contributed by atoms with Gasteiger partial charge in [0.1, 0.15) is 0 Å². The van der Waals surface area contributed by atoms with Crippen LogP contribution >= 0.6 is 0 Å². The molecule has 0 atom stereocenters. The molecule has 4 rings (SSSR count). The first-order chi connectivity index (χ1) is 13.6. The van der Waals surface area contributed by atoms with Gasteiger partial charge in [-0.1, -0.05) is 30.3 Å². The Kier molecular flexibility index (Phi) is 4.44. The van der Waals surface area contributed by atoms with Gasteiger partial charge in [-0.15, -0.1) is 5.10 Å². The van der Waals surface area contributed by atoms with Crippen LogP contribution in [0.3, 0.4) is 0 Å². The number of hydrogen-bond donors (Lipinski definition) is 1. The second-order valence-corrected chi connectivity index (χ2v) is 5.99. The van der Waals surface area contributed by atoms with Gasteiger partial charge in [-0.3, -0.25) is 0 Å². The molecule has 2 N–H and O–H groups in total. The van der Waals surface area contributed by atoms with Crippen molar-refractivity contribution in [2.75, 3.05) is 27.1 Å². The fourth-order valence-corrected chi connectivity index (χ4v) is 3.08. The van der Waals surface area contributed by atoms with Crippen LogP contribution in [-0.4, -0.2) is 40.9 Å². The average Bonchev–Trinajstić information content (AvgIpc) is 3.12. The van der Waals surface area contributed by atoms with Gasteiger partial charge in [0.2, 0.25) is 11.7 Å². The second-order valence-electron chi connectivity index (χ2n) is 5.99. The first-order valence-corrected chi connectivity index (χ1v) is 8.53. The number of nitrogen functional groups attached to an aromatic ring is 1. The third-order valence-electron chi connectivity index (χ3n) is 4.36. The highest BCUT2D eigenvalue weighted by molar-refractivity contribution is 5.74. The van der Waals surface area contributed by atoms with Crippen molar-refractivity contribution in [3.8, 4) is 39.8 Å². The van der Waals surface area contributed by atoms with E-state index in [1.807, 2.05) is 48.5 Å². The van der Waals surface area contributed by atoms with Crippen LogP contribution in [0.4, 0.5) is 5.95 Å². The molecule has 0 spiro atoms. The molecule has 0 radical (unpaired) electrons. The van der Waals surface area contributed by atoms with Gasteiger partial charge in [-0.2, -0.15) is 9.50 Å². The van der Waals surface area contributed by atoms with Crippen LogP contribution < -0.4 is 19.9 Å². The van der Waals surface area contributed by atoms with E-state index in [4.69, 9.17) is 19.9 Å². The van der Waals surface area contributed by atoms with Crippen molar-refractivity contribution in [2.45, 2.75) is 0 Å². The standard InChI is InChI=1S/C20H19N5O3/c1-26-16-9-13(10-17(27-2)18(16)28-3)15-11-14(12-7-5-4-6-8-12)22-20-23-19(21)24-25(15)20/h4-11H,1-3H3,(H2,21,24). The lowest BCUT2D eigenvalue weighted by Crippen LogP contribution is -2.01. The Labute approximate surface area is 161 Å². The summed E-state index contributed by atoms with van der Waals surface area (Å²) in [5, 5.41) is 4.29. The van der Waals surface area contributed by atoms with E-state index < -0.39 is 0 Å². The second kappa shape index (κ2) is 7.07. The van der Waals surface area contributed by atoms with E-state index in [9.17, 15) is 0 Å². The molecule has 0 saturated carbocycles. The third-order valence-corrected chi connectivity index (χ3v) is 4.36. The van der Waals surface area contributed by atoms with Crippen LogP contribution in [0.15, 0.2) is 48.5 Å². The van der Waals surface area contributed by atoms with Crippen LogP contribution in [0.1, 0.15) is 0 Å². The summed E-state index contributed by atoms with van der Waals surface area (Å²) in [5.41, 5.74) is 9.08. The zero-order valence-electron chi connectivity index (χ0n) is 15.7. The van der Waals surface area contributed by atoms with Crippen molar-refractivity contribution >= 4 is 11.7 Å². The van der Waals surface area contributed by atoms with Crippen molar-refractivity contribution in [3.05, 3.63) is 48.5 Å². The Morgan fingerprint density at radius 2 is 1.50 bits per heavy atom. The Morgan fingerprint density at radius 1 is 0.821 bits per heavy atom. The molecule has 0 amide bonds. The zero-order chi connectivity index (χ0) is 19.7. The summed E-state index contributed by atoms with van der Waals surface area (Å²) < 4.78 is 18.0. The predicted octanol–water partition coefficient (Wildman–Crippen LogP) is 3.07. The first-order valence-electron chi connectivity index (χ1n) is 8.53. The molecule has 0 aliphatic rings. The van der Waals surface area contributed by atoms with Crippen molar-refractivity contribution in [1.29, 1.82) is 0 Å². The van der Waals surface area contributed by atoms with Crippen LogP contribution in [0, 0.1) is 0 Å². The largest absolute Gasteiger partial charge is 0.493 e. The monoisotopic (exact) mass is 377 g/mol. The molecule has 0 saturated heterocycles. The van der Waals surface area contributed by atoms with Crippen molar-refractivity contribution in [2.24, 2.45) is 0 Å². The summed E-state index contributed by atoms with van der Waals surface area (Å²) in [6.07, 6.45) is 0. The molecular formula is C20H19N5O3. The predicted molar refractivity (Wildman–Crippen MR) is 106 cm³/mol. The Bertz CT molecular complexity index is 1120. The van der Waals surface area contributed by atoms with Gasteiger partial charge in [-0.25, -0.2) is 4.98 Å². The molecule has 0 fully saturated rings. The Balaban J connectivity index is 2.00. The number of rotatable bonds is 5. The van der Waals surface area contributed by atoms with E-state index in [0.717, 1.165) is 22.5 Å². The third kappa shape index (κ3) is 2.94. The lowest BCUT2D eigenvalue weighted by atomic mass is 10.1. The highest BCUT2D eigenvalue weighted by Crippen LogP contribution is 2.41. The maximum atomic E-state index is 5.83. The van der Waals surface area contributed by atoms with Gasteiger partial charge in [0.25, 0.3) is 5.78 Å². The fourth-order valence-electron chi connectivity index (χ4n) is 3.08. The fraction of sp³-hybridized carbons (Fsp3) is 0.150. The number of nitrogens with zero attached hydrogens (tertiary/aromatic N) is 4. The summed E-state index contributed by atoms with van der Waals surface area (Å²) in [4.78, 5) is 8.83. The molecule has 28 heavy (non-hydrogen) atoms. The molecule has 0 bridgehead atoms. The Morgan fingerprint density at radius 3 is 2.11 bits per heavy atom. The van der Waals surface area contributed by atoms with E-state index in [2.05, 4.69) is 15.1 Å². The van der Waals surface area contributed by atoms with Crippen LogP contribution in [0.2, 0.25) is 0 Å². The number of fused-ring (bicyclic) bond motifs is 1. The summed E-state index contributed by atoms with van der Waals surface area (Å²) in [7, 11) is 4.72. The number of methoxy groups -OCH3 is 3. The van der Waals surface area contributed by atoms with Gasteiger partial charge >= 0.3 is 0 Å². The van der Waals surface area contributed by atoms with Gasteiger partial charge in [-0.05, 0) is 18.2 Å². The Hall–Kier alpha value is -3.81. The number of nitrogens with two attached hydrogens (primary N) is 1. The van der Waals surface area contributed by atoms with Crippen molar-refractivity contribution in [3.63, 3.8) is 0 Å². The van der Waals surface area contributed by atoms with Crippen molar-refractivity contribution < 1.29 is 14.2 Å². The van der Waals surface area contributed by atoms with Gasteiger partial charge in [0.05, 0.1) is 32.7 Å². The SMILES string of the molecule is COc1cc(-c2cc(-c3ccccc3)nc3nc(N)nn23)cc(OC)c1OC. The smallest absolute Gasteiger partial charge is 0.255 e. The average molecular weight is 377 g/mol. The molecule has 2 aromatic heterocycles. The van der Waals surface area contributed by atoms with E-state index in [1.165, 1.54) is 0 Å². The van der Waals surface area contributed by atoms with Crippen LogP contribution in [0.5, 0.6) is 17.2 Å². The molecule has 2 aromatic carbocycles. The van der Waals surface area contributed by atoms with E-state index in [1.54, 1.807) is 25.8 Å². The van der Waals surface area contributed by atoms with Crippen LogP contribution in [-0.2, 0) is 0 Å².